The van der Waals surface area contributed by atoms with Gasteiger partial charge in [-0.2, -0.15) is 0 Å². The van der Waals surface area contributed by atoms with Gasteiger partial charge in [-0.05, 0) is 6.42 Å². The third kappa shape index (κ3) is 2.26. The van der Waals surface area contributed by atoms with Gasteiger partial charge in [-0.15, -0.1) is 0 Å². The van der Waals surface area contributed by atoms with Gasteiger partial charge in [0.05, 0.1) is 12.7 Å². The Labute approximate surface area is 48.6 Å². The van der Waals surface area contributed by atoms with Crippen LogP contribution in [0.5, 0.6) is 0 Å². The first-order valence-corrected chi connectivity index (χ1v) is 2.69. The van der Waals surface area contributed by atoms with Crippen molar-refractivity contribution in [3.05, 3.63) is 0 Å². The predicted molar refractivity (Wildman–Crippen MR) is 29.4 cm³/mol. The second-order valence-electron chi connectivity index (χ2n) is 1.73. The van der Waals surface area contributed by atoms with Gasteiger partial charge in [-0.25, -0.2) is 0 Å². The molecule has 0 spiro atoms. The summed E-state index contributed by atoms with van der Waals surface area (Å²) >= 11 is 0. The van der Waals surface area contributed by atoms with Gasteiger partial charge in [-0.3, -0.25) is 0 Å². The minimum Gasteiger partial charge on any atom is -0.394 e. The first kappa shape index (κ1) is 7.88. The zero-order chi connectivity index (χ0) is 6.57. The molecule has 0 aliphatic rings. The maximum Gasteiger partial charge on any atom is 0.103 e. The highest BCUT2D eigenvalue weighted by atomic mass is 16.4. The molecule has 0 aromatic rings. The average Bonchev–Trinajstić information content (AvgIpc) is 1.84. The van der Waals surface area contributed by atoms with Crippen molar-refractivity contribution in [2.45, 2.75) is 25.6 Å². The van der Waals surface area contributed by atoms with Crippen LogP contribution in [0.3, 0.4) is 0 Å². The second kappa shape index (κ2) is 3.83. The molecule has 0 rings (SSSR count). The molecule has 0 aliphatic carbocycles. The second-order valence-corrected chi connectivity index (χ2v) is 1.73. The number of aliphatic hydroxyl groups is 3. The molecule has 0 unspecified atom stereocenters. The van der Waals surface area contributed by atoms with E-state index in [2.05, 4.69) is 0 Å². The van der Waals surface area contributed by atoms with E-state index in [0.717, 1.165) is 0 Å². The summed E-state index contributed by atoms with van der Waals surface area (Å²) in [5, 5.41) is 25.6. The van der Waals surface area contributed by atoms with E-state index in [9.17, 15) is 0 Å². The SMILES string of the molecule is CC[C@@H](O)[C@H](O)CO. The highest BCUT2D eigenvalue weighted by Gasteiger charge is 2.10. The molecule has 0 heterocycles. The number of aliphatic hydroxyl groups excluding tert-OH is 3. The van der Waals surface area contributed by atoms with Gasteiger partial charge < -0.3 is 15.3 Å². The molecular weight excluding hydrogens is 108 g/mol. The Morgan fingerprint density at radius 3 is 1.88 bits per heavy atom. The lowest BCUT2D eigenvalue weighted by atomic mass is 10.2. The van der Waals surface area contributed by atoms with Crippen molar-refractivity contribution in [1.82, 2.24) is 0 Å². The molecular formula is C5H12O3. The zero-order valence-corrected chi connectivity index (χ0v) is 4.91. The minimum atomic E-state index is -0.972. The van der Waals surface area contributed by atoms with Crippen LogP contribution >= 0.6 is 0 Å². The van der Waals surface area contributed by atoms with Crippen LogP contribution in [-0.2, 0) is 0 Å². The monoisotopic (exact) mass is 120 g/mol. The standard InChI is InChI=1S/C5H12O3/c1-2-4(7)5(8)3-6/h4-8H,2-3H2,1H3/t4-,5-/m1/s1. The maximum absolute atomic E-state index is 8.72. The van der Waals surface area contributed by atoms with Crippen molar-refractivity contribution in [2.75, 3.05) is 6.61 Å². The lowest BCUT2D eigenvalue weighted by molar-refractivity contribution is -0.0151. The fraction of sp³-hybridized carbons (Fsp3) is 1.00. The third-order valence-electron chi connectivity index (χ3n) is 1.05. The summed E-state index contributed by atoms with van der Waals surface area (Å²) in [6.45, 7) is 1.37. The zero-order valence-electron chi connectivity index (χ0n) is 4.91. The molecule has 0 aromatic carbocycles. The molecule has 3 N–H and O–H groups in total. The molecule has 0 radical (unpaired) electrons. The number of hydrogen-bond acceptors (Lipinski definition) is 3. The Kier molecular flexibility index (Phi) is 3.77. The summed E-state index contributed by atoms with van der Waals surface area (Å²) in [5.74, 6) is 0. The normalized spacial score (nSPS) is 18.0. The Hall–Kier alpha value is -0.120. The Morgan fingerprint density at radius 2 is 1.75 bits per heavy atom. The van der Waals surface area contributed by atoms with E-state index in [-0.39, 0.29) is 6.61 Å². The maximum atomic E-state index is 8.72. The van der Waals surface area contributed by atoms with Crippen molar-refractivity contribution < 1.29 is 15.3 Å². The van der Waals surface area contributed by atoms with Crippen LogP contribution in [0.2, 0.25) is 0 Å². The van der Waals surface area contributed by atoms with E-state index in [1.807, 2.05) is 0 Å². The van der Waals surface area contributed by atoms with E-state index in [4.69, 9.17) is 15.3 Å². The van der Waals surface area contributed by atoms with Crippen LogP contribution in [0.15, 0.2) is 0 Å². The first-order chi connectivity index (χ1) is 3.72. The van der Waals surface area contributed by atoms with Crippen molar-refractivity contribution in [1.29, 1.82) is 0 Å². The van der Waals surface area contributed by atoms with Crippen LogP contribution in [0.1, 0.15) is 13.3 Å². The lowest BCUT2D eigenvalue weighted by Gasteiger charge is -2.11. The summed E-state index contributed by atoms with van der Waals surface area (Å²) in [7, 11) is 0. The van der Waals surface area contributed by atoms with E-state index >= 15 is 0 Å². The van der Waals surface area contributed by atoms with Crippen molar-refractivity contribution in [3.63, 3.8) is 0 Å². The molecule has 50 valence electrons. The van der Waals surface area contributed by atoms with E-state index < -0.39 is 12.2 Å². The molecule has 0 amide bonds. The molecule has 0 saturated carbocycles. The molecule has 0 bridgehead atoms. The molecule has 0 saturated heterocycles. The van der Waals surface area contributed by atoms with Gasteiger partial charge >= 0.3 is 0 Å². The Balaban J connectivity index is 3.29. The highest BCUT2D eigenvalue weighted by Crippen LogP contribution is 1.95. The highest BCUT2D eigenvalue weighted by molar-refractivity contribution is 4.62. The summed E-state index contributed by atoms with van der Waals surface area (Å²) in [6, 6.07) is 0. The average molecular weight is 120 g/mol. The van der Waals surface area contributed by atoms with Crippen LogP contribution in [0.4, 0.5) is 0 Å². The van der Waals surface area contributed by atoms with Gasteiger partial charge in [0, 0.05) is 0 Å². The minimum absolute atomic E-state index is 0.366. The third-order valence-corrected chi connectivity index (χ3v) is 1.05. The number of rotatable bonds is 3. The summed E-state index contributed by atoms with van der Waals surface area (Å²) < 4.78 is 0. The van der Waals surface area contributed by atoms with Crippen molar-refractivity contribution in [2.24, 2.45) is 0 Å². The topological polar surface area (TPSA) is 60.7 Å². The molecule has 8 heavy (non-hydrogen) atoms. The molecule has 3 heteroatoms. The van der Waals surface area contributed by atoms with Gasteiger partial charge in [-0.1, -0.05) is 6.92 Å². The van der Waals surface area contributed by atoms with Crippen LogP contribution in [0, 0.1) is 0 Å². The van der Waals surface area contributed by atoms with Crippen LogP contribution in [-0.4, -0.2) is 34.1 Å². The largest absolute Gasteiger partial charge is 0.394 e. The molecule has 0 aliphatic heterocycles. The van der Waals surface area contributed by atoms with Crippen molar-refractivity contribution in [3.8, 4) is 0 Å². The first-order valence-electron chi connectivity index (χ1n) is 2.69. The summed E-state index contributed by atoms with van der Waals surface area (Å²) in [6.07, 6.45) is -1.28. The fourth-order valence-electron chi connectivity index (χ4n) is 0.394. The Bertz CT molecular complexity index is 47.6. The van der Waals surface area contributed by atoms with E-state index in [1.165, 1.54) is 0 Å². The quantitative estimate of drug-likeness (QED) is 0.453. The van der Waals surface area contributed by atoms with Gasteiger partial charge in [0.25, 0.3) is 0 Å². The van der Waals surface area contributed by atoms with E-state index in [1.54, 1.807) is 6.92 Å². The van der Waals surface area contributed by atoms with Gasteiger partial charge in [0.1, 0.15) is 6.10 Å². The fourth-order valence-corrected chi connectivity index (χ4v) is 0.394. The summed E-state index contributed by atoms with van der Waals surface area (Å²) in [4.78, 5) is 0. The molecule has 2 atom stereocenters. The molecule has 3 nitrogen and oxygen atoms in total. The van der Waals surface area contributed by atoms with Crippen molar-refractivity contribution >= 4 is 0 Å². The van der Waals surface area contributed by atoms with Crippen LogP contribution < -0.4 is 0 Å². The summed E-state index contributed by atoms with van der Waals surface area (Å²) in [5.41, 5.74) is 0. The molecule has 0 aromatic heterocycles. The van der Waals surface area contributed by atoms with Gasteiger partial charge in [0.15, 0.2) is 0 Å². The van der Waals surface area contributed by atoms with Crippen LogP contribution in [0.25, 0.3) is 0 Å². The molecule has 0 fully saturated rings. The Morgan fingerprint density at radius 1 is 1.25 bits per heavy atom. The van der Waals surface area contributed by atoms with Gasteiger partial charge in [0.2, 0.25) is 0 Å². The predicted octanol–water partition coefficient (Wildman–Crippen LogP) is -0.890. The smallest absolute Gasteiger partial charge is 0.103 e. The number of hydrogen-bond donors (Lipinski definition) is 3. The lowest BCUT2D eigenvalue weighted by Crippen LogP contribution is -2.28. The van der Waals surface area contributed by atoms with E-state index in [0.29, 0.717) is 6.42 Å².